The highest BCUT2D eigenvalue weighted by Gasteiger charge is 2.16. The van der Waals surface area contributed by atoms with Gasteiger partial charge in [-0.25, -0.2) is 4.98 Å². The maximum atomic E-state index is 12.2. The lowest BCUT2D eigenvalue weighted by atomic mass is 10.2. The van der Waals surface area contributed by atoms with Crippen molar-refractivity contribution >= 4 is 34.7 Å². The average molecular weight is 310 g/mol. The fourth-order valence-electron chi connectivity index (χ4n) is 1.75. The molecule has 1 atom stereocenters. The van der Waals surface area contributed by atoms with E-state index in [0.717, 1.165) is 11.4 Å². The second-order valence-corrected chi connectivity index (χ2v) is 5.65. The number of hydrogen-bond donors (Lipinski definition) is 2. The van der Waals surface area contributed by atoms with Crippen LogP contribution in [-0.2, 0) is 0 Å². The van der Waals surface area contributed by atoms with E-state index >= 15 is 0 Å². The number of anilines is 1. The zero-order valence-corrected chi connectivity index (χ0v) is 12.9. The van der Waals surface area contributed by atoms with Crippen LogP contribution in [-0.4, -0.2) is 17.4 Å². The summed E-state index contributed by atoms with van der Waals surface area (Å²) >= 11 is 7.65. The number of rotatable bonds is 5. The van der Waals surface area contributed by atoms with Gasteiger partial charge >= 0.3 is 0 Å². The van der Waals surface area contributed by atoms with Crippen LogP contribution in [0.25, 0.3) is 0 Å². The molecule has 0 saturated carbocycles. The van der Waals surface area contributed by atoms with E-state index in [4.69, 9.17) is 11.6 Å². The summed E-state index contributed by atoms with van der Waals surface area (Å²) in [5.41, 5.74) is 0.244. The third-order valence-corrected chi connectivity index (χ3v) is 4.10. The molecule has 0 aromatic carbocycles. The van der Waals surface area contributed by atoms with Gasteiger partial charge in [0.25, 0.3) is 5.91 Å². The molecule has 0 fully saturated rings. The van der Waals surface area contributed by atoms with Crippen molar-refractivity contribution in [2.24, 2.45) is 0 Å². The number of pyridine rings is 1. The van der Waals surface area contributed by atoms with Crippen LogP contribution in [0, 0.1) is 0 Å². The lowest BCUT2D eigenvalue weighted by molar-refractivity contribution is 0.0936. The Morgan fingerprint density at radius 1 is 1.45 bits per heavy atom. The molecule has 0 spiro atoms. The Kier molecular flexibility index (Phi) is 4.98. The second-order valence-electron chi connectivity index (χ2n) is 4.27. The van der Waals surface area contributed by atoms with E-state index in [1.165, 1.54) is 0 Å². The molecular weight excluding hydrogens is 294 g/mol. The van der Waals surface area contributed by atoms with Crippen molar-refractivity contribution in [3.63, 3.8) is 0 Å². The normalized spacial score (nSPS) is 11.9. The minimum Gasteiger partial charge on any atom is -0.370 e. The first-order valence-electron chi connectivity index (χ1n) is 6.36. The fourth-order valence-corrected chi connectivity index (χ4v) is 2.68. The van der Waals surface area contributed by atoms with E-state index in [1.54, 1.807) is 23.5 Å². The summed E-state index contributed by atoms with van der Waals surface area (Å²) in [6.07, 6.45) is 0. The van der Waals surface area contributed by atoms with Gasteiger partial charge in [0.2, 0.25) is 0 Å². The molecule has 2 rings (SSSR count). The van der Waals surface area contributed by atoms with Gasteiger partial charge in [0.05, 0.1) is 11.1 Å². The lowest BCUT2D eigenvalue weighted by Gasteiger charge is -2.13. The molecule has 0 saturated heterocycles. The average Bonchev–Trinajstić information content (AvgIpc) is 2.95. The van der Waals surface area contributed by atoms with E-state index in [2.05, 4.69) is 15.6 Å². The smallest absolute Gasteiger partial charge is 0.272 e. The van der Waals surface area contributed by atoms with Gasteiger partial charge < -0.3 is 10.6 Å². The monoisotopic (exact) mass is 309 g/mol. The number of carbonyl (C=O) groups is 1. The van der Waals surface area contributed by atoms with Gasteiger partial charge in [-0.3, -0.25) is 4.79 Å². The predicted octanol–water partition coefficient (Wildman–Crippen LogP) is 3.72. The van der Waals surface area contributed by atoms with Crippen LogP contribution in [0.2, 0.25) is 5.02 Å². The SMILES string of the molecule is CCNc1ccc(Cl)c(C(=O)NC(C)c2cccs2)n1. The van der Waals surface area contributed by atoms with Gasteiger partial charge in [-0.1, -0.05) is 17.7 Å². The Morgan fingerprint density at radius 2 is 2.25 bits per heavy atom. The standard InChI is InChI=1S/C14H16ClN3OS/c1-3-16-12-7-6-10(15)13(18-12)14(19)17-9(2)11-5-4-8-20-11/h4-9H,3H2,1-2H3,(H,16,18)(H,17,19). The minimum absolute atomic E-state index is 0.0665. The van der Waals surface area contributed by atoms with Gasteiger partial charge in [-0.05, 0) is 37.4 Å². The van der Waals surface area contributed by atoms with Crippen molar-refractivity contribution in [3.8, 4) is 0 Å². The van der Waals surface area contributed by atoms with Crippen LogP contribution in [0.1, 0.15) is 35.3 Å². The van der Waals surface area contributed by atoms with Crippen molar-refractivity contribution in [1.82, 2.24) is 10.3 Å². The Balaban J connectivity index is 2.14. The van der Waals surface area contributed by atoms with Gasteiger partial charge in [0.1, 0.15) is 11.5 Å². The summed E-state index contributed by atoms with van der Waals surface area (Å²) in [7, 11) is 0. The van der Waals surface area contributed by atoms with E-state index in [1.807, 2.05) is 31.4 Å². The minimum atomic E-state index is -0.268. The van der Waals surface area contributed by atoms with Crippen LogP contribution in [0.4, 0.5) is 5.82 Å². The molecule has 4 nitrogen and oxygen atoms in total. The molecule has 2 N–H and O–H groups in total. The molecule has 2 aromatic heterocycles. The highest BCUT2D eigenvalue weighted by Crippen LogP contribution is 2.21. The number of halogens is 1. The Morgan fingerprint density at radius 3 is 2.90 bits per heavy atom. The summed E-state index contributed by atoms with van der Waals surface area (Å²) in [4.78, 5) is 17.6. The Bertz CT molecular complexity index is 586. The zero-order valence-electron chi connectivity index (χ0n) is 11.3. The number of aromatic nitrogens is 1. The summed E-state index contributed by atoms with van der Waals surface area (Å²) in [5, 5.41) is 8.30. The topological polar surface area (TPSA) is 54.0 Å². The molecule has 0 aliphatic rings. The van der Waals surface area contributed by atoms with Crippen LogP contribution >= 0.6 is 22.9 Å². The molecule has 0 bridgehead atoms. The van der Waals surface area contributed by atoms with Gasteiger partial charge in [-0.2, -0.15) is 0 Å². The highest BCUT2D eigenvalue weighted by atomic mass is 35.5. The number of nitrogens with zero attached hydrogens (tertiary/aromatic N) is 1. The maximum absolute atomic E-state index is 12.2. The second kappa shape index (κ2) is 6.72. The van der Waals surface area contributed by atoms with Crippen molar-refractivity contribution in [1.29, 1.82) is 0 Å². The van der Waals surface area contributed by atoms with Crippen molar-refractivity contribution in [2.45, 2.75) is 19.9 Å². The molecule has 2 heterocycles. The molecule has 1 unspecified atom stereocenters. The van der Waals surface area contributed by atoms with Crippen LogP contribution < -0.4 is 10.6 Å². The molecule has 0 radical (unpaired) electrons. The van der Waals surface area contributed by atoms with Gasteiger partial charge in [-0.15, -0.1) is 11.3 Å². The third-order valence-electron chi connectivity index (χ3n) is 2.74. The molecule has 2 aromatic rings. The Hall–Kier alpha value is -1.59. The van der Waals surface area contributed by atoms with E-state index < -0.39 is 0 Å². The highest BCUT2D eigenvalue weighted by molar-refractivity contribution is 7.10. The first-order chi connectivity index (χ1) is 9.61. The number of hydrogen-bond acceptors (Lipinski definition) is 4. The fraction of sp³-hybridized carbons (Fsp3) is 0.286. The first kappa shape index (κ1) is 14.8. The van der Waals surface area contributed by atoms with Crippen LogP contribution in [0.3, 0.4) is 0 Å². The molecule has 106 valence electrons. The van der Waals surface area contributed by atoms with Crippen LogP contribution in [0.15, 0.2) is 29.6 Å². The third kappa shape index (κ3) is 3.49. The number of thiophene rings is 1. The number of carbonyl (C=O) groups excluding carboxylic acids is 1. The molecule has 6 heteroatoms. The van der Waals surface area contributed by atoms with Crippen molar-refractivity contribution < 1.29 is 4.79 Å². The summed E-state index contributed by atoms with van der Waals surface area (Å²) in [6.45, 7) is 4.64. The lowest BCUT2D eigenvalue weighted by Crippen LogP contribution is -2.27. The Labute approximate surface area is 127 Å². The van der Waals surface area contributed by atoms with Gasteiger partial charge in [0, 0.05) is 11.4 Å². The van der Waals surface area contributed by atoms with E-state index in [-0.39, 0.29) is 17.6 Å². The summed E-state index contributed by atoms with van der Waals surface area (Å²) < 4.78 is 0. The van der Waals surface area contributed by atoms with Crippen molar-refractivity contribution in [2.75, 3.05) is 11.9 Å². The predicted molar refractivity (Wildman–Crippen MR) is 83.6 cm³/mol. The molecule has 0 aliphatic carbocycles. The van der Waals surface area contributed by atoms with Crippen LogP contribution in [0.5, 0.6) is 0 Å². The molecular formula is C14H16ClN3OS. The molecule has 20 heavy (non-hydrogen) atoms. The van der Waals surface area contributed by atoms with E-state index in [9.17, 15) is 4.79 Å². The zero-order chi connectivity index (χ0) is 14.5. The first-order valence-corrected chi connectivity index (χ1v) is 7.62. The quantitative estimate of drug-likeness (QED) is 0.885. The van der Waals surface area contributed by atoms with Gasteiger partial charge in [0.15, 0.2) is 0 Å². The molecule has 1 amide bonds. The van der Waals surface area contributed by atoms with Crippen molar-refractivity contribution in [3.05, 3.63) is 45.2 Å². The number of nitrogens with one attached hydrogen (secondary N) is 2. The molecule has 0 aliphatic heterocycles. The summed E-state index contributed by atoms with van der Waals surface area (Å²) in [6, 6.07) is 7.31. The maximum Gasteiger partial charge on any atom is 0.272 e. The van der Waals surface area contributed by atoms with E-state index in [0.29, 0.717) is 10.8 Å². The largest absolute Gasteiger partial charge is 0.370 e. The summed E-state index contributed by atoms with van der Waals surface area (Å²) in [5.74, 6) is 0.376. The number of amides is 1.